The number of benzene rings is 1. The van der Waals surface area contributed by atoms with Crippen molar-refractivity contribution in [3.05, 3.63) is 28.8 Å². The van der Waals surface area contributed by atoms with Crippen molar-refractivity contribution in [2.75, 3.05) is 31.1 Å². The average Bonchev–Trinajstić information content (AvgIpc) is 2.46. The van der Waals surface area contributed by atoms with Gasteiger partial charge in [-0.2, -0.15) is 0 Å². The highest BCUT2D eigenvalue weighted by Gasteiger charge is 2.20. The molecule has 0 N–H and O–H groups in total. The maximum atomic E-state index is 10.8. The standard InChI is InChI=1S/C15H21ClN2O/c1-3-12(2)17-6-8-18(9-7-17)14-5-4-13(11-19)15(16)10-14/h4-5,10-12H,3,6-9H2,1-2H3. The zero-order valence-corrected chi connectivity index (χ0v) is 12.4. The van der Waals surface area contributed by atoms with Crippen molar-refractivity contribution in [3.63, 3.8) is 0 Å². The fraction of sp³-hybridized carbons (Fsp3) is 0.533. The Bertz CT molecular complexity index is 442. The molecule has 1 unspecified atom stereocenters. The Labute approximate surface area is 120 Å². The number of hydrogen-bond donors (Lipinski definition) is 0. The summed E-state index contributed by atoms with van der Waals surface area (Å²) in [5.41, 5.74) is 1.67. The molecular formula is C15H21ClN2O. The molecule has 19 heavy (non-hydrogen) atoms. The van der Waals surface area contributed by atoms with Crippen LogP contribution in [-0.2, 0) is 0 Å². The van der Waals surface area contributed by atoms with Gasteiger partial charge in [0, 0.05) is 43.5 Å². The molecule has 1 saturated heterocycles. The highest BCUT2D eigenvalue weighted by Crippen LogP contribution is 2.24. The van der Waals surface area contributed by atoms with Crippen LogP contribution in [0, 0.1) is 0 Å². The highest BCUT2D eigenvalue weighted by atomic mass is 35.5. The number of hydrogen-bond acceptors (Lipinski definition) is 3. The highest BCUT2D eigenvalue weighted by molar-refractivity contribution is 6.33. The van der Waals surface area contributed by atoms with Crippen LogP contribution in [0.2, 0.25) is 5.02 Å². The number of halogens is 1. The Morgan fingerprint density at radius 1 is 1.32 bits per heavy atom. The van der Waals surface area contributed by atoms with E-state index in [1.807, 2.05) is 12.1 Å². The molecule has 3 nitrogen and oxygen atoms in total. The Hall–Kier alpha value is -1.06. The monoisotopic (exact) mass is 280 g/mol. The average molecular weight is 281 g/mol. The molecule has 1 atom stereocenters. The fourth-order valence-electron chi connectivity index (χ4n) is 2.49. The van der Waals surface area contributed by atoms with E-state index < -0.39 is 0 Å². The van der Waals surface area contributed by atoms with Gasteiger partial charge in [-0.3, -0.25) is 9.69 Å². The maximum absolute atomic E-state index is 10.8. The van der Waals surface area contributed by atoms with Gasteiger partial charge in [-0.05, 0) is 31.5 Å². The summed E-state index contributed by atoms with van der Waals surface area (Å²) in [5.74, 6) is 0. The number of anilines is 1. The van der Waals surface area contributed by atoms with Crippen LogP contribution in [0.5, 0.6) is 0 Å². The molecule has 1 heterocycles. The summed E-state index contributed by atoms with van der Waals surface area (Å²) in [4.78, 5) is 15.6. The maximum Gasteiger partial charge on any atom is 0.151 e. The second kappa shape index (κ2) is 6.40. The molecule has 0 spiro atoms. The second-order valence-electron chi connectivity index (χ2n) is 5.10. The van der Waals surface area contributed by atoms with Crippen molar-refractivity contribution in [1.82, 2.24) is 4.90 Å². The van der Waals surface area contributed by atoms with Gasteiger partial charge < -0.3 is 4.90 Å². The smallest absolute Gasteiger partial charge is 0.151 e. The van der Waals surface area contributed by atoms with Gasteiger partial charge in [-0.15, -0.1) is 0 Å². The SMILES string of the molecule is CCC(C)N1CCN(c2ccc(C=O)c(Cl)c2)CC1. The molecule has 0 amide bonds. The number of nitrogens with zero attached hydrogens (tertiary/aromatic N) is 2. The number of carbonyl (C=O) groups is 1. The molecule has 0 aromatic heterocycles. The molecule has 1 aliphatic rings. The lowest BCUT2D eigenvalue weighted by atomic mass is 10.1. The van der Waals surface area contributed by atoms with E-state index in [9.17, 15) is 4.79 Å². The molecule has 1 aliphatic heterocycles. The summed E-state index contributed by atoms with van der Waals surface area (Å²) in [6, 6.07) is 6.33. The molecular weight excluding hydrogens is 260 g/mol. The second-order valence-corrected chi connectivity index (χ2v) is 5.51. The van der Waals surface area contributed by atoms with Crippen LogP contribution in [0.15, 0.2) is 18.2 Å². The number of carbonyl (C=O) groups excluding carboxylic acids is 1. The van der Waals surface area contributed by atoms with Crippen molar-refractivity contribution >= 4 is 23.6 Å². The van der Waals surface area contributed by atoms with Crippen LogP contribution >= 0.6 is 11.6 Å². The number of rotatable bonds is 4. The lowest BCUT2D eigenvalue weighted by molar-refractivity contribution is 0.112. The lowest BCUT2D eigenvalue weighted by Crippen LogP contribution is -2.49. The van der Waals surface area contributed by atoms with Crippen LogP contribution in [-0.4, -0.2) is 43.4 Å². The van der Waals surface area contributed by atoms with E-state index in [0.717, 1.165) is 38.2 Å². The third kappa shape index (κ3) is 3.28. The summed E-state index contributed by atoms with van der Waals surface area (Å²) in [5, 5.41) is 0.539. The lowest BCUT2D eigenvalue weighted by Gasteiger charge is -2.39. The number of aldehydes is 1. The molecule has 1 fully saturated rings. The first-order valence-corrected chi connectivity index (χ1v) is 7.27. The Kier molecular flexibility index (Phi) is 4.83. The van der Waals surface area contributed by atoms with Gasteiger partial charge in [0.15, 0.2) is 6.29 Å². The van der Waals surface area contributed by atoms with Gasteiger partial charge in [-0.1, -0.05) is 18.5 Å². The minimum Gasteiger partial charge on any atom is -0.369 e. The largest absolute Gasteiger partial charge is 0.369 e. The molecule has 1 aromatic carbocycles. The van der Waals surface area contributed by atoms with Crippen LogP contribution in [0.25, 0.3) is 0 Å². The van der Waals surface area contributed by atoms with Crippen LogP contribution in [0.1, 0.15) is 30.6 Å². The van der Waals surface area contributed by atoms with E-state index in [4.69, 9.17) is 11.6 Å². The van der Waals surface area contributed by atoms with Gasteiger partial charge in [0.1, 0.15) is 0 Å². The van der Waals surface area contributed by atoms with E-state index in [0.29, 0.717) is 16.6 Å². The van der Waals surface area contributed by atoms with Crippen molar-refractivity contribution in [2.24, 2.45) is 0 Å². The van der Waals surface area contributed by atoms with Crippen molar-refractivity contribution in [3.8, 4) is 0 Å². The molecule has 0 bridgehead atoms. The zero-order valence-electron chi connectivity index (χ0n) is 11.6. The molecule has 0 radical (unpaired) electrons. The van der Waals surface area contributed by atoms with Gasteiger partial charge in [-0.25, -0.2) is 0 Å². The van der Waals surface area contributed by atoms with E-state index in [1.54, 1.807) is 6.07 Å². The van der Waals surface area contributed by atoms with E-state index >= 15 is 0 Å². The summed E-state index contributed by atoms with van der Waals surface area (Å²) in [6.45, 7) is 8.71. The molecule has 0 saturated carbocycles. The van der Waals surface area contributed by atoms with Crippen LogP contribution in [0.4, 0.5) is 5.69 Å². The molecule has 104 valence electrons. The van der Waals surface area contributed by atoms with E-state index in [2.05, 4.69) is 23.6 Å². The fourth-order valence-corrected chi connectivity index (χ4v) is 2.71. The van der Waals surface area contributed by atoms with Gasteiger partial charge in [0.2, 0.25) is 0 Å². The first kappa shape index (κ1) is 14.4. The third-order valence-corrected chi connectivity index (χ3v) is 4.33. The Morgan fingerprint density at radius 2 is 2.00 bits per heavy atom. The Morgan fingerprint density at radius 3 is 2.53 bits per heavy atom. The summed E-state index contributed by atoms with van der Waals surface area (Å²) in [7, 11) is 0. The van der Waals surface area contributed by atoms with E-state index in [-0.39, 0.29) is 0 Å². The molecule has 1 aromatic rings. The van der Waals surface area contributed by atoms with Gasteiger partial charge in [0.05, 0.1) is 5.02 Å². The van der Waals surface area contributed by atoms with Crippen LogP contribution < -0.4 is 4.90 Å². The predicted octanol–water partition coefficient (Wildman–Crippen LogP) is 3.07. The van der Waals surface area contributed by atoms with Crippen molar-refractivity contribution in [2.45, 2.75) is 26.3 Å². The summed E-state index contributed by atoms with van der Waals surface area (Å²) >= 11 is 6.08. The first-order valence-electron chi connectivity index (χ1n) is 6.89. The van der Waals surface area contributed by atoms with E-state index in [1.165, 1.54) is 6.42 Å². The normalized spacial score (nSPS) is 18.4. The van der Waals surface area contributed by atoms with Crippen LogP contribution in [0.3, 0.4) is 0 Å². The quantitative estimate of drug-likeness (QED) is 0.792. The topological polar surface area (TPSA) is 23.6 Å². The molecule has 4 heteroatoms. The number of piperazine rings is 1. The minimum absolute atomic E-state index is 0.539. The minimum atomic E-state index is 0.539. The van der Waals surface area contributed by atoms with Crippen molar-refractivity contribution < 1.29 is 4.79 Å². The van der Waals surface area contributed by atoms with Crippen molar-refractivity contribution in [1.29, 1.82) is 0 Å². The van der Waals surface area contributed by atoms with Gasteiger partial charge in [0.25, 0.3) is 0 Å². The summed E-state index contributed by atoms with van der Waals surface area (Å²) in [6.07, 6.45) is 1.99. The predicted molar refractivity (Wildman–Crippen MR) is 80.4 cm³/mol. The molecule has 0 aliphatic carbocycles. The zero-order chi connectivity index (χ0) is 13.8. The first-order chi connectivity index (χ1) is 9.15. The summed E-state index contributed by atoms with van der Waals surface area (Å²) < 4.78 is 0. The Balaban J connectivity index is 2.01. The van der Waals surface area contributed by atoms with Gasteiger partial charge >= 0.3 is 0 Å². The molecule has 2 rings (SSSR count). The third-order valence-electron chi connectivity index (χ3n) is 4.00.